The monoisotopic (exact) mass is 380 g/mol. The Labute approximate surface area is 168 Å². The largest absolute Gasteiger partial charge is 0.380 e. The van der Waals surface area contributed by atoms with Crippen LogP contribution >= 0.6 is 0 Å². The molecule has 0 amide bonds. The van der Waals surface area contributed by atoms with E-state index < -0.39 is 6.10 Å². The number of imidazole rings is 2. The lowest BCUT2D eigenvalue weighted by molar-refractivity contribution is 0.211. The van der Waals surface area contributed by atoms with Crippen LogP contribution in [0.15, 0.2) is 91.5 Å². The van der Waals surface area contributed by atoms with Gasteiger partial charge in [-0.2, -0.15) is 0 Å². The van der Waals surface area contributed by atoms with Gasteiger partial charge in [0.25, 0.3) is 0 Å². The average Bonchev–Trinajstić information content (AvgIpc) is 3.44. The van der Waals surface area contributed by atoms with Crippen molar-refractivity contribution in [1.82, 2.24) is 19.5 Å². The number of hydrogen-bond acceptors (Lipinski definition) is 3. The maximum atomic E-state index is 10.6. The Hall–Kier alpha value is -3.70. The summed E-state index contributed by atoms with van der Waals surface area (Å²) in [6.45, 7) is 0. The summed E-state index contributed by atoms with van der Waals surface area (Å²) < 4.78 is 2.02. The minimum Gasteiger partial charge on any atom is -0.380 e. The van der Waals surface area contributed by atoms with Crippen LogP contribution < -0.4 is 0 Å². The van der Waals surface area contributed by atoms with Crippen molar-refractivity contribution in [3.8, 4) is 5.69 Å². The first kappa shape index (κ1) is 17.4. The molecule has 0 saturated carbocycles. The first-order valence-corrected chi connectivity index (χ1v) is 9.56. The Morgan fingerprint density at radius 2 is 1.79 bits per heavy atom. The van der Waals surface area contributed by atoms with Crippen molar-refractivity contribution in [3.63, 3.8) is 0 Å². The standard InChI is InChI=1S/C24H20N4O/c29-23(18-6-2-1-3-7-18)24-26-20-11-10-17(15-21(20)27-24)14-19-8-4-5-9-22(19)28-13-12-25-16-28/h1-13,15-16,23,29H,14H2,(H,26,27). The lowest BCUT2D eigenvalue weighted by Crippen LogP contribution is -2.01. The van der Waals surface area contributed by atoms with E-state index in [9.17, 15) is 5.11 Å². The SMILES string of the molecule is OC(c1ccccc1)c1nc2cc(Cc3ccccc3-n3ccnc3)ccc2[nH]1. The lowest BCUT2D eigenvalue weighted by atomic mass is 10.0. The number of nitrogens with zero attached hydrogens (tertiary/aromatic N) is 3. The highest BCUT2D eigenvalue weighted by molar-refractivity contribution is 5.76. The third-order valence-corrected chi connectivity index (χ3v) is 5.11. The summed E-state index contributed by atoms with van der Waals surface area (Å²) in [5.74, 6) is 0.558. The molecule has 2 aromatic heterocycles. The zero-order chi connectivity index (χ0) is 19.6. The van der Waals surface area contributed by atoms with Gasteiger partial charge in [-0.15, -0.1) is 0 Å². The van der Waals surface area contributed by atoms with Crippen LogP contribution in [0.25, 0.3) is 16.7 Å². The number of H-pyrrole nitrogens is 1. The molecule has 1 atom stereocenters. The van der Waals surface area contributed by atoms with E-state index in [1.807, 2.05) is 59.6 Å². The van der Waals surface area contributed by atoms with Gasteiger partial charge in [0.1, 0.15) is 11.9 Å². The van der Waals surface area contributed by atoms with Crippen LogP contribution in [0, 0.1) is 0 Å². The van der Waals surface area contributed by atoms with E-state index in [1.165, 1.54) is 5.56 Å². The fourth-order valence-electron chi connectivity index (χ4n) is 3.64. The normalized spacial score (nSPS) is 12.3. The Bertz CT molecular complexity index is 1240. The van der Waals surface area contributed by atoms with Crippen molar-refractivity contribution in [2.75, 3.05) is 0 Å². The summed E-state index contributed by atoms with van der Waals surface area (Å²) >= 11 is 0. The molecule has 29 heavy (non-hydrogen) atoms. The molecule has 1 unspecified atom stereocenters. The van der Waals surface area contributed by atoms with Crippen molar-refractivity contribution in [3.05, 3.63) is 114 Å². The summed E-state index contributed by atoms with van der Waals surface area (Å²) in [6, 6.07) is 24.1. The minimum absolute atomic E-state index is 0.558. The predicted molar refractivity (Wildman–Crippen MR) is 113 cm³/mol. The van der Waals surface area contributed by atoms with Crippen molar-refractivity contribution >= 4 is 11.0 Å². The summed E-state index contributed by atoms with van der Waals surface area (Å²) in [6.07, 6.45) is 5.56. The van der Waals surface area contributed by atoms with E-state index in [0.717, 1.165) is 34.3 Å². The minimum atomic E-state index is -0.769. The van der Waals surface area contributed by atoms with Crippen LogP contribution in [0.1, 0.15) is 28.6 Å². The molecule has 0 aliphatic rings. The number of para-hydroxylation sites is 1. The van der Waals surface area contributed by atoms with Gasteiger partial charge < -0.3 is 14.7 Å². The van der Waals surface area contributed by atoms with Crippen LogP contribution in [-0.2, 0) is 6.42 Å². The van der Waals surface area contributed by atoms with Gasteiger partial charge in [0, 0.05) is 18.1 Å². The first-order chi connectivity index (χ1) is 14.3. The number of hydrogen-bond donors (Lipinski definition) is 2. The van der Waals surface area contributed by atoms with Crippen molar-refractivity contribution < 1.29 is 5.11 Å². The van der Waals surface area contributed by atoms with Crippen LogP contribution in [-0.4, -0.2) is 24.6 Å². The molecule has 2 heterocycles. The molecule has 5 heteroatoms. The number of benzene rings is 3. The van der Waals surface area contributed by atoms with E-state index in [4.69, 9.17) is 0 Å². The van der Waals surface area contributed by atoms with Crippen LogP contribution in [0.4, 0.5) is 0 Å². The molecule has 5 aromatic rings. The quantitative estimate of drug-likeness (QED) is 0.474. The molecule has 142 valence electrons. The number of aliphatic hydroxyl groups is 1. The van der Waals surface area contributed by atoms with Gasteiger partial charge >= 0.3 is 0 Å². The highest BCUT2D eigenvalue weighted by atomic mass is 16.3. The van der Waals surface area contributed by atoms with Gasteiger partial charge in [-0.25, -0.2) is 9.97 Å². The fraction of sp³-hybridized carbons (Fsp3) is 0.0833. The molecule has 3 aromatic carbocycles. The highest BCUT2D eigenvalue weighted by Crippen LogP contribution is 2.24. The zero-order valence-corrected chi connectivity index (χ0v) is 15.7. The Kier molecular flexibility index (Phi) is 4.42. The summed E-state index contributed by atoms with van der Waals surface area (Å²) in [5, 5.41) is 10.6. The van der Waals surface area contributed by atoms with Crippen LogP contribution in [0.5, 0.6) is 0 Å². The van der Waals surface area contributed by atoms with Gasteiger partial charge in [0.05, 0.1) is 17.4 Å². The third kappa shape index (κ3) is 3.44. The number of fused-ring (bicyclic) bond motifs is 1. The topological polar surface area (TPSA) is 66.7 Å². The van der Waals surface area contributed by atoms with E-state index in [-0.39, 0.29) is 0 Å². The highest BCUT2D eigenvalue weighted by Gasteiger charge is 2.15. The second kappa shape index (κ2) is 7.37. The lowest BCUT2D eigenvalue weighted by Gasteiger charge is -2.10. The summed E-state index contributed by atoms with van der Waals surface area (Å²) in [7, 11) is 0. The van der Waals surface area contributed by atoms with Crippen LogP contribution in [0.2, 0.25) is 0 Å². The average molecular weight is 380 g/mol. The van der Waals surface area contributed by atoms with Gasteiger partial charge in [0.15, 0.2) is 0 Å². The van der Waals surface area contributed by atoms with Crippen LogP contribution in [0.3, 0.4) is 0 Å². The summed E-state index contributed by atoms with van der Waals surface area (Å²) in [5.41, 5.74) is 6.09. The van der Waals surface area contributed by atoms with E-state index in [1.54, 1.807) is 6.20 Å². The van der Waals surface area contributed by atoms with Crippen molar-refractivity contribution in [2.24, 2.45) is 0 Å². The number of rotatable bonds is 5. The second-order valence-electron chi connectivity index (χ2n) is 7.06. The first-order valence-electron chi connectivity index (χ1n) is 9.56. The van der Waals surface area contributed by atoms with Gasteiger partial charge in [-0.1, -0.05) is 54.6 Å². The molecular weight excluding hydrogens is 360 g/mol. The van der Waals surface area contributed by atoms with Crippen molar-refractivity contribution in [1.29, 1.82) is 0 Å². The van der Waals surface area contributed by atoms with Gasteiger partial charge in [-0.3, -0.25) is 0 Å². The number of aromatic nitrogens is 4. The Morgan fingerprint density at radius 1 is 0.966 bits per heavy atom. The molecule has 0 radical (unpaired) electrons. The third-order valence-electron chi connectivity index (χ3n) is 5.11. The molecule has 0 saturated heterocycles. The molecular formula is C24H20N4O. The molecule has 0 fully saturated rings. The van der Waals surface area contributed by atoms with E-state index in [0.29, 0.717) is 5.82 Å². The van der Waals surface area contributed by atoms with E-state index in [2.05, 4.69) is 45.3 Å². The summed E-state index contributed by atoms with van der Waals surface area (Å²) in [4.78, 5) is 12.0. The molecule has 0 aliphatic carbocycles. The molecule has 5 nitrogen and oxygen atoms in total. The maximum Gasteiger partial charge on any atom is 0.140 e. The van der Waals surface area contributed by atoms with Crippen molar-refractivity contribution in [2.45, 2.75) is 12.5 Å². The second-order valence-corrected chi connectivity index (χ2v) is 7.06. The smallest absolute Gasteiger partial charge is 0.140 e. The number of aliphatic hydroxyl groups excluding tert-OH is 1. The Morgan fingerprint density at radius 3 is 2.62 bits per heavy atom. The van der Waals surface area contributed by atoms with Gasteiger partial charge in [-0.05, 0) is 41.3 Å². The predicted octanol–water partition coefficient (Wildman–Crippen LogP) is 4.42. The van der Waals surface area contributed by atoms with Gasteiger partial charge in [0.2, 0.25) is 0 Å². The molecule has 0 bridgehead atoms. The molecule has 0 spiro atoms. The number of aromatic amines is 1. The molecule has 0 aliphatic heterocycles. The zero-order valence-electron chi connectivity index (χ0n) is 15.7. The number of nitrogens with one attached hydrogen (secondary N) is 1. The molecule has 5 rings (SSSR count). The molecule has 2 N–H and O–H groups in total. The fourth-order valence-corrected chi connectivity index (χ4v) is 3.64. The maximum absolute atomic E-state index is 10.6. The Balaban J connectivity index is 1.46. The van der Waals surface area contributed by atoms with E-state index >= 15 is 0 Å².